The van der Waals surface area contributed by atoms with Gasteiger partial charge in [-0.1, -0.05) is 45.0 Å². The summed E-state index contributed by atoms with van der Waals surface area (Å²) in [6.45, 7) is 7.23. The van der Waals surface area contributed by atoms with E-state index < -0.39 is 11.2 Å². The van der Waals surface area contributed by atoms with Crippen LogP contribution in [0.25, 0.3) is 11.0 Å². The molecule has 7 heteroatoms. The normalized spacial score (nSPS) is 13.7. The number of nitrogens with zero attached hydrogens (tertiary/aromatic N) is 3. The number of nitrogens with one attached hydrogen (secondary N) is 1. The highest BCUT2D eigenvalue weighted by Gasteiger charge is 2.33. The molecule has 0 radical (unpaired) electrons. The number of pyridine rings is 1. The fraction of sp³-hybridized carbons (Fsp3) is 0.417. The SMILES string of the molecule is CCCn1c(=O)[nH]c(=O)c2cc(C(=O)N(Cc3ccc(C(C)C)cc3)C3CC3)cnc21. The van der Waals surface area contributed by atoms with Gasteiger partial charge in [-0.2, -0.15) is 0 Å². The molecule has 31 heavy (non-hydrogen) atoms. The summed E-state index contributed by atoms with van der Waals surface area (Å²) in [5.74, 6) is 0.319. The van der Waals surface area contributed by atoms with Gasteiger partial charge < -0.3 is 4.90 Å². The summed E-state index contributed by atoms with van der Waals surface area (Å²) >= 11 is 0. The van der Waals surface area contributed by atoms with Crippen molar-refractivity contribution in [2.75, 3.05) is 0 Å². The first-order chi connectivity index (χ1) is 14.9. The van der Waals surface area contributed by atoms with Crippen molar-refractivity contribution in [1.82, 2.24) is 19.4 Å². The van der Waals surface area contributed by atoms with Gasteiger partial charge in [-0.3, -0.25) is 19.1 Å². The average molecular weight is 421 g/mol. The number of aromatic nitrogens is 3. The number of H-pyrrole nitrogens is 1. The number of carbonyl (C=O) groups excluding carboxylic acids is 1. The standard InChI is InChI=1S/C24H28N4O3/c1-4-11-27-21-20(22(29)26-24(27)31)12-18(13-25-21)23(30)28(19-9-10-19)14-16-5-7-17(8-6-16)15(2)3/h5-8,12-13,15,19H,4,9-11,14H2,1-3H3,(H,26,29,31). The lowest BCUT2D eigenvalue weighted by molar-refractivity contribution is 0.0729. The number of aryl methyl sites for hydroxylation is 1. The number of rotatable bonds is 7. The van der Waals surface area contributed by atoms with Crippen LogP contribution in [0.4, 0.5) is 0 Å². The molecule has 7 nitrogen and oxygen atoms in total. The van der Waals surface area contributed by atoms with Crippen LogP contribution in [0.1, 0.15) is 67.4 Å². The summed E-state index contributed by atoms with van der Waals surface area (Å²) in [5.41, 5.74) is 2.03. The van der Waals surface area contributed by atoms with Gasteiger partial charge in [-0.05, 0) is 42.4 Å². The Hall–Kier alpha value is -3.22. The summed E-state index contributed by atoms with van der Waals surface area (Å²) < 4.78 is 1.44. The van der Waals surface area contributed by atoms with Crippen molar-refractivity contribution < 1.29 is 4.79 Å². The van der Waals surface area contributed by atoms with Crippen molar-refractivity contribution in [3.63, 3.8) is 0 Å². The Morgan fingerprint density at radius 1 is 1.23 bits per heavy atom. The van der Waals surface area contributed by atoms with Crippen molar-refractivity contribution >= 4 is 16.9 Å². The first-order valence-electron chi connectivity index (χ1n) is 10.9. The van der Waals surface area contributed by atoms with E-state index in [4.69, 9.17) is 0 Å². The van der Waals surface area contributed by atoms with Crippen molar-refractivity contribution in [3.8, 4) is 0 Å². The fourth-order valence-electron chi connectivity index (χ4n) is 3.84. The van der Waals surface area contributed by atoms with Crippen LogP contribution in [0.3, 0.4) is 0 Å². The third kappa shape index (κ3) is 4.31. The maximum atomic E-state index is 13.3. The minimum absolute atomic E-state index is 0.141. The highest BCUT2D eigenvalue weighted by Crippen LogP contribution is 2.30. The largest absolute Gasteiger partial charge is 0.331 e. The smallest absolute Gasteiger partial charge is 0.329 e. The average Bonchev–Trinajstić information content (AvgIpc) is 3.60. The Morgan fingerprint density at radius 3 is 2.55 bits per heavy atom. The molecule has 0 atom stereocenters. The Kier molecular flexibility index (Phi) is 5.76. The molecule has 2 aromatic heterocycles. The van der Waals surface area contributed by atoms with Gasteiger partial charge >= 0.3 is 5.69 Å². The summed E-state index contributed by atoms with van der Waals surface area (Å²) in [6.07, 6.45) is 4.17. The number of hydrogen-bond donors (Lipinski definition) is 1. The minimum atomic E-state index is -0.517. The molecule has 1 aliphatic rings. The lowest BCUT2D eigenvalue weighted by atomic mass is 10.0. The predicted molar refractivity (Wildman–Crippen MR) is 120 cm³/mol. The zero-order valence-electron chi connectivity index (χ0n) is 18.2. The van der Waals surface area contributed by atoms with Gasteiger partial charge in [0.05, 0.1) is 10.9 Å². The fourth-order valence-corrected chi connectivity index (χ4v) is 3.84. The van der Waals surface area contributed by atoms with Crippen LogP contribution in [0, 0.1) is 0 Å². The van der Waals surface area contributed by atoms with E-state index >= 15 is 0 Å². The molecule has 1 N–H and O–H groups in total. The van der Waals surface area contributed by atoms with Crippen molar-refractivity contribution in [3.05, 3.63) is 74.1 Å². The molecule has 1 amide bonds. The first kappa shape index (κ1) is 21.0. The second-order valence-corrected chi connectivity index (χ2v) is 8.57. The molecule has 1 saturated carbocycles. The molecular formula is C24H28N4O3. The third-order valence-electron chi connectivity index (χ3n) is 5.77. The van der Waals surface area contributed by atoms with Crippen LogP contribution in [-0.2, 0) is 13.1 Å². The molecule has 1 aliphatic carbocycles. The highest BCUT2D eigenvalue weighted by molar-refractivity contribution is 5.97. The van der Waals surface area contributed by atoms with Gasteiger partial charge in [0.25, 0.3) is 11.5 Å². The van der Waals surface area contributed by atoms with Crippen molar-refractivity contribution in [2.24, 2.45) is 0 Å². The van der Waals surface area contributed by atoms with E-state index in [0.29, 0.717) is 30.2 Å². The Balaban J connectivity index is 1.66. The van der Waals surface area contributed by atoms with Crippen molar-refractivity contribution in [2.45, 2.75) is 65.1 Å². The Labute approximate surface area is 180 Å². The molecule has 0 aliphatic heterocycles. The Bertz CT molecular complexity index is 1220. The summed E-state index contributed by atoms with van der Waals surface area (Å²) in [6, 6.07) is 10.1. The van der Waals surface area contributed by atoms with Gasteiger partial charge in [0.1, 0.15) is 5.65 Å². The number of fused-ring (bicyclic) bond motifs is 1. The van der Waals surface area contributed by atoms with E-state index in [2.05, 4.69) is 48.1 Å². The second kappa shape index (κ2) is 8.49. The molecule has 162 valence electrons. The number of aromatic amines is 1. The van der Waals surface area contributed by atoms with Crippen LogP contribution < -0.4 is 11.2 Å². The van der Waals surface area contributed by atoms with E-state index in [1.54, 1.807) is 6.07 Å². The lowest BCUT2D eigenvalue weighted by Crippen LogP contribution is -2.34. The van der Waals surface area contributed by atoms with Gasteiger partial charge in [0.15, 0.2) is 0 Å². The van der Waals surface area contributed by atoms with Gasteiger partial charge in [0.2, 0.25) is 0 Å². The lowest BCUT2D eigenvalue weighted by Gasteiger charge is -2.23. The molecule has 1 fully saturated rings. The maximum absolute atomic E-state index is 13.3. The number of hydrogen-bond acceptors (Lipinski definition) is 4. The van der Waals surface area contributed by atoms with E-state index in [0.717, 1.165) is 24.8 Å². The third-order valence-corrected chi connectivity index (χ3v) is 5.77. The molecule has 0 unspecified atom stereocenters. The highest BCUT2D eigenvalue weighted by atomic mass is 16.2. The van der Waals surface area contributed by atoms with Crippen LogP contribution in [0.2, 0.25) is 0 Å². The van der Waals surface area contributed by atoms with Gasteiger partial charge in [0, 0.05) is 25.3 Å². The van der Waals surface area contributed by atoms with Gasteiger partial charge in [-0.15, -0.1) is 0 Å². The molecule has 0 bridgehead atoms. The predicted octanol–water partition coefficient (Wildman–Crippen LogP) is 3.42. The van der Waals surface area contributed by atoms with E-state index in [-0.39, 0.29) is 17.3 Å². The minimum Gasteiger partial charge on any atom is -0.331 e. The van der Waals surface area contributed by atoms with Crippen molar-refractivity contribution in [1.29, 1.82) is 0 Å². The first-order valence-corrected chi connectivity index (χ1v) is 10.9. The quantitative estimate of drug-likeness (QED) is 0.634. The number of benzene rings is 1. The van der Waals surface area contributed by atoms with Gasteiger partial charge in [-0.25, -0.2) is 9.78 Å². The summed E-state index contributed by atoms with van der Waals surface area (Å²) in [5, 5.41) is 0.260. The molecular weight excluding hydrogens is 392 g/mol. The molecule has 4 rings (SSSR count). The van der Waals surface area contributed by atoms with E-state index in [9.17, 15) is 14.4 Å². The van der Waals surface area contributed by atoms with E-state index in [1.165, 1.54) is 16.3 Å². The van der Waals surface area contributed by atoms with Crippen LogP contribution in [-0.4, -0.2) is 31.4 Å². The molecule has 3 aromatic rings. The maximum Gasteiger partial charge on any atom is 0.329 e. The van der Waals surface area contributed by atoms with Crippen LogP contribution in [0.15, 0.2) is 46.1 Å². The second-order valence-electron chi connectivity index (χ2n) is 8.57. The monoisotopic (exact) mass is 420 g/mol. The summed E-state index contributed by atoms with van der Waals surface area (Å²) in [4.78, 5) is 46.4. The number of carbonyl (C=O) groups is 1. The van der Waals surface area contributed by atoms with Crippen LogP contribution in [0.5, 0.6) is 0 Å². The van der Waals surface area contributed by atoms with E-state index in [1.807, 2.05) is 11.8 Å². The molecule has 1 aromatic carbocycles. The topological polar surface area (TPSA) is 88.1 Å². The van der Waals surface area contributed by atoms with Crippen LogP contribution >= 0.6 is 0 Å². The number of amides is 1. The zero-order valence-corrected chi connectivity index (χ0v) is 18.2. The molecule has 2 heterocycles. The summed E-state index contributed by atoms with van der Waals surface area (Å²) in [7, 11) is 0. The zero-order chi connectivity index (χ0) is 22.1. The molecule has 0 spiro atoms. The Morgan fingerprint density at radius 2 is 1.94 bits per heavy atom. The molecule has 0 saturated heterocycles.